The van der Waals surface area contributed by atoms with Gasteiger partial charge in [-0.15, -0.1) is 0 Å². The van der Waals surface area contributed by atoms with Crippen LogP contribution in [0.2, 0.25) is 0 Å². The molecule has 0 unspecified atom stereocenters. The molecule has 0 bridgehead atoms. The summed E-state index contributed by atoms with van der Waals surface area (Å²) in [5.74, 6) is 0.189. The van der Waals surface area contributed by atoms with Crippen LogP contribution in [0, 0.1) is 0 Å². The minimum Gasteiger partial charge on any atom is -0.295 e. The first-order valence-electron chi connectivity index (χ1n) is 4.56. The number of ketones is 1. The molecule has 0 radical (unpaired) electrons. The predicted octanol–water partition coefficient (Wildman–Crippen LogP) is 3.02. The van der Waals surface area contributed by atoms with E-state index in [-0.39, 0.29) is 5.78 Å². The van der Waals surface area contributed by atoms with E-state index in [0.717, 1.165) is 25.7 Å². The predicted molar refractivity (Wildman–Crippen MR) is 51.0 cm³/mol. The molecule has 0 saturated heterocycles. The van der Waals surface area contributed by atoms with Crippen LogP contribution in [-0.4, -0.2) is 5.78 Å². The maximum absolute atomic E-state index is 10.8. The molecule has 1 aliphatic rings. The highest BCUT2D eigenvalue weighted by Gasteiger charge is 2.09. The van der Waals surface area contributed by atoms with Crippen LogP contribution in [0.25, 0.3) is 0 Å². The molecule has 0 aromatic rings. The Hall–Kier alpha value is -0.850. The molecule has 1 rings (SSSR count). The summed E-state index contributed by atoms with van der Waals surface area (Å²) in [7, 11) is 0. The highest BCUT2D eigenvalue weighted by molar-refractivity contribution is 5.87. The SMILES string of the molecule is CC=C1CCC(=CC(C)=O)CC1. The lowest BCUT2D eigenvalue weighted by Gasteiger charge is -2.16. The third-order valence-electron chi connectivity index (χ3n) is 2.35. The van der Waals surface area contributed by atoms with E-state index in [1.807, 2.05) is 0 Å². The maximum Gasteiger partial charge on any atom is 0.152 e. The lowest BCUT2D eigenvalue weighted by atomic mass is 9.90. The van der Waals surface area contributed by atoms with Gasteiger partial charge in [-0.3, -0.25) is 4.79 Å². The molecular weight excluding hydrogens is 148 g/mol. The van der Waals surface area contributed by atoms with E-state index in [0.29, 0.717) is 0 Å². The summed E-state index contributed by atoms with van der Waals surface area (Å²) < 4.78 is 0. The standard InChI is InChI=1S/C11H16O/c1-3-10-4-6-11(7-5-10)8-9(2)12/h3,8H,4-7H2,1-2H3. The van der Waals surface area contributed by atoms with E-state index in [2.05, 4.69) is 13.0 Å². The van der Waals surface area contributed by atoms with Crippen LogP contribution in [0.4, 0.5) is 0 Å². The molecule has 0 aliphatic heterocycles. The first-order chi connectivity index (χ1) is 5.72. The Labute approximate surface area is 74.2 Å². The van der Waals surface area contributed by atoms with Crippen LogP contribution in [0.1, 0.15) is 39.5 Å². The Balaban J connectivity index is 2.51. The van der Waals surface area contributed by atoms with Gasteiger partial charge in [-0.05, 0) is 45.6 Å². The summed E-state index contributed by atoms with van der Waals surface area (Å²) in [6.07, 6.45) is 8.46. The summed E-state index contributed by atoms with van der Waals surface area (Å²) in [4.78, 5) is 10.8. The molecule has 0 atom stereocenters. The zero-order valence-corrected chi connectivity index (χ0v) is 7.89. The number of hydrogen-bond acceptors (Lipinski definition) is 1. The van der Waals surface area contributed by atoms with Gasteiger partial charge >= 0.3 is 0 Å². The molecule has 1 fully saturated rings. The third-order valence-corrected chi connectivity index (χ3v) is 2.35. The van der Waals surface area contributed by atoms with Crippen molar-refractivity contribution in [3.63, 3.8) is 0 Å². The molecule has 12 heavy (non-hydrogen) atoms. The number of rotatable bonds is 1. The van der Waals surface area contributed by atoms with E-state index >= 15 is 0 Å². The van der Waals surface area contributed by atoms with E-state index in [4.69, 9.17) is 0 Å². The maximum atomic E-state index is 10.8. The number of allylic oxidation sites excluding steroid dienone is 4. The van der Waals surface area contributed by atoms with Gasteiger partial charge in [0.05, 0.1) is 0 Å². The number of carbonyl (C=O) groups is 1. The van der Waals surface area contributed by atoms with E-state index in [1.54, 1.807) is 13.0 Å². The second-order valence-electron chi connectivity index (χ2n) is 3.36. The molecule has 66 valence electrons. The molecule has 0 aromatic heterocycles. The van der Waals surface area contributed by atoms with Crippen LogP contribution < -0.4 is 0 Å². The van der Waals surface area contributed by atoms with Crippen LogP contribution in [0.15, 0.2) is 23.3 Å². The Morgan fingerprint density at radius 3 is 2.08 bits per heavy atom. The Kier molecular flexibility index (Phi) is 3.27. The molecule has 1 saturated carbocycles. The highest BCUT2D eigenvalue weighted by Crippen LogP contribution is 2.27. The average molecular weight is 164 g/mol. The molecule has 1 heteroatoms. The summed E-state index contributed by atoms with van der Waals surface area (Å²) in [5.41, 5.74) is 2.86. The summed E-state index contributed by atoms with van der Waals surface area (Å²) in [5, 5.41) is 0. The van der Waals surface area contributed by atoms with E-state index < -0.39 is 0 Å². The van der Waals surface area contributed by atoms with Gasteiger partial charge in [0.15, 0.2) is 5.78 Å². The number of hydrogen-bond donors (Lipinski definition) is 0. The normalized spacial score (nSPS) is 17.5. The minimum atomic E-state index is 0.189. The van der Waals surface area contributed by atoms with Crippen molar-refractivity contribution >= 4 is 5.78 Å². The lowest BCUT2D eigenvalue weighted by Crippen LogP contribution is -1.99. The van der Waals surface area contributed by atoms with Crippen molar-refractivity contribution in [1.82, 2.24) is 0 Å². The first kappa shape index (κ1) is 9.24. The molecule has 1 aliphatic carbocycles. The zero-order chi connectivity index (χ0) is 8.97. The van der Waals surface area contributed by atoms with Crippen molar-refractivity contribution in [2.75, 3.05) is 0 Å². The Morgan fingerprint density at radius 1 is 1.17 bits per heavy atom. The topological polar surface area (TPSA) is 17.1 Å². The molecular formula is C11H16O. The van der Waals surface area contributed by atoms with Gasteiger partial charge in [-0.2, -0.15) is 0 Å². The molecule has 0 amide bonds. The van der Waals surface area contributed by atoms with Crippen molar-refractivity contribution in [1.29, 1.82) is 0 Å². The van der Waals surface area contributed by atoms with Crippen molar-refractivity contribution in [2.24, 2.45) is 0 Å². The lowest BCUT2D eigenvalue weighted by molar-refractivity contribution is -0.112. The fraction of sp³-hybridized carbons (Fsp3) is 0.545. The van der Waals surface area contributed by atoms with E-state index in [9.17, 15) is 4.79 Å². The van der Waals surface area contributed by atoms with Gasteiger partial charge < -0.3 is 0 Å². The van der Waals surface area contributed by atoms with Gasteiger partial charge in [-0.25, -0.2) is 0 Å². The quantitative estimate of drug-likeness (QED) is 0.430. The Morgan fingerprint density at radius 2 is 1.67 bits per heavy atom. The van der Waals surface area contributed by atoms with E-state index in [1.165, 1.54) is 11.1 Å². The van der Waals surface area contributed by atoms with Gasteiger partial charge in [0.25, 0.3) is 0 Å². The fourth-order valence-electron chi connectivity index (χ4n) is 1.61. The molecule has 0 spiro atoms. The highest BCUT2D eigenvalue weighted by atomic mass is 16.1. The average Bonchev–Trinajstić information content (AvgIpc) is 2.05. The summed E-state index contributed by atoms with van der Waals surface area (Å²) >= 11 is 0. The summed E-state index contributed by atoms with van der Waals surface area (Å²) in [6.45, 7) is 3.72. The molecule has 0 aromatic carbocycles. The third kappa shape index (κ3) is 2.65. The number of carbonyl (C=O) groups excluding carboxylic acids is 1. The largest absolute Gasteiger partial charge is 0.295 e. The molecule has 1 nitrogen and oxygen atoms in total. The monoisotopic (exact) mass is 164 g/mol. The van der Waals surface area contributed by atoms with Gasteiger partial charge in [0.2, 0.25) is 0 Å². The molecule has 0 N–H and O–H groups in total. The van der Waals surface area contributed by atoms with Crippen LogP contribution in [0.3, 0.4) is 0 Å². The van der Waals surface area contributed by atoms with Crippen LogP contribution in [0.5, 0.6) is 0 Å². The summed E-state index contributed by atoms with van der Waals surface area (Å²) in [6, 6.07) is 0. The smallest absolute Gasteiger partial charge is 0.152 e. The molecule has 0 heterocycles. The fourth-order valence-corrected chi connectivity index (χ4v) is 1.61. The van der Waals surface area contributed by atoms with Gasteiger partial charge in [0.1, 0.15) is 0 Å². The minimum absolute atomic E-state index is 0.189. The van der Waals surface area contributed by atoms with Crippen LogP contribution >= 0.6 is 0 Å². The van der Waals surface area contributed by atoms with Crippen LogP contribution in [-0.2, 0) is 4.79 Å². The second-order valence-corrected chi connectivity index (χ2v) is 3.36. The van der Waals surface area contributed by atoms with Gasteiger partial charge in [-0.1, -0.05) is 17.2 Å². The van der Waals surface area contributed by atoms with Crippen molar-refractivity contribution < 1.29 is 4.79 Å². The van der Waals surface area contributed by atoms with Crippen molar-refractivity contribution in [3.05, 3.63) is 23.3 Å². The Bertz CT molecular complexity index is 221. The zero-order valence-electron chi connectivity index (χ0n) is 7.89. The second kappa shape index (κ2) is 4.24. The van der Waals surface area contributed by atoms with Crippen molar-refractivity contribution in [2.45, 2.75) is 39.5 Å². The van der Waals surface area contributed by atoms with Gasteiger partial charge in [0, 0.05) is 0 Å². The van der Waals surface area contributed by atoms with Crippen molar-refractivity contribution in [3.8, 4) is 0 Å². The first-order valence-corrected chi connectivity index (χ1v) is 4.56.